The highest BCUT2D eigenvalue weighted by Crippen LogP contribution is 2.43. The van der Waals surface area contributed by atoms with Crippen molar-refractivity contribution in [2.45, 2.75) is 19.1 Å². The Balaban J connectivity index is 2.30. The van der Waals surface area contributed by atoms with Gasteiger partial charge in [-0.25, -0.2) is 0 Å². The maximum absolute atomic E-state index is 9.79. The second kappa shape index (κ2) is 3.76. The van der Waals surface area contributed by atoms with Gasteiger partial charge in [-0.3, -0.25) is 0 Å². The fourth-order valence-electron chi connectivity index (χ4n) is 1.33. The topological polar surface area (TPSA) is 64.7 Å². The summed E-state index contributed by atoms with van der Waals surface area (Å²) in [6.07, 6.45) is -0.676. The van der Waals surface area contributed by atoms with Crippen molar-refractivity contribution in [1.29, 1.82) is 0 Å². The number of aliphatic hydroxyl groups is 1. The van der Waals surface area contributed by atoms with E-state index in [9.17, 15) is 5.11 Å². The Labute approximate surface area is 86.3 Å². The molecule has 0 saturated carbocycles. The van der Waals surface area contributed by atoms with Gasteiger partial charge in [0.2, 0.25) is 0 Å². The van der Waals surface area contributed by atoms with E-state index in [0.717, 1.165) is 10.6 Å². The standard InChI is InChI=1S/C9H13NO3S/c1-5(10)7(11)9-8-6(4-14-9)12-2-3-13-8/h4-5,7,11H,2-3,10H2,1H3. The lowest BCUT2D eigenvalue weighted by molar-refractivity contribution is 0.138. The van der Waals surface area contributed by atoms with E-state index < -0.39 is 6.10 Å². The van der Waals surface area contributed by atoms with Crippen LogP contribution in [-0.2, 0) is 0 Å². The van der Waals surface area contributed by atoms with E-state index in [1.54, 1.807) is 6.92 Å². The van der Waals surface area contributed by atoms with E-state index in [-0.39, 0.29) is 6.04 Å². The zero-order valence-corrected chi connectivity index (χ0v) is 8.71. The molecule has 0 saturated heterocycles. The molecule has 2 atom stereocenters. The fourth-order valence-corrected chi connectivity index (χ4v) is 2.36. The maximum Gasteiger partial charge on any atom is 0.177 e. The van der Waals surface area contributed by atoms with Gasteiger partial charge in [-0.1, -0.05) is 0 Å². The van der Waals surface area contributed by atoms with Gasteiger partial charge in [0.15, 0.2) is 11.5 Å². The van der Waals surface area contributed by atoms with Crippen LogP contribution in [0.1, 0.15) is 17.9 Å². The molecule has 0 amide bonds. The lowest BCUT2D eigenvalue weighted by atomic mass is 10.1. The average molecular weight is 215 g/mol. The van der Waals surface area contributed by atoms with Gasteiger partial charge >= 0.3 is 0 Å². The smallest absolute Gasteiger partial charge is 0.177 e. The van der Waals surface area contributed by atoms with Crippen LogP contribution in [0.4, 0.5) is 0 Å². The number of hydrogen-bond donors (Lipinski definition) is 2. The van der Waals surface area contributed by atoms with Crippen molar-refractivity contribution < 1.29 is 14.6 Å². The zero-order valence-electron chi connectivity index (χ0n) is 7.90. The molecule has 2 rings (SSSR count). The molecule has 0 fully saturated rings. The summed E-state index contributed by atoms with van der Waals surface area (Å²) < 4.78 is 10.8. The van der Waals surface area contributed by atoms with Crippen molar-refractivity contribution in [3.05, 3.63) is 10.3 Å². The summed E-state index contributed by atoms with van der Waals surface area (Å²) in [5, 5.41) is 11.6. The summed E-state index contributed by atoms with van der Waals surface area (Å²) in [5.41, 5.74) is 5.62. The molecule has 0 aliphatic carbocycles. The number of ether oxygens (including phenoxy) is 2. The van der Waals surface area contributed by atoms with Crippen LogP contribution in [0.25, 0.3) is 0 Å². The highest BCUT2D eigenvalue weighted by molar-refractivity contribution is 7.10. The van der Waals surface area contributed by atoms with E-state index in [1.807, 2.05) is 5.38 Å². The van der Waals surface area contributed by atoms with E-state index >= 15 is 0 Å². The molecule has 5 heteroatoms. The first-order valence-electron chi connectivity index (χ1n) is 4.50. The van der Waals surface area contributed by atoms with Gasteiger partial charge in [0, 0.05) is 11.4 Å². The first-order chi connectivity index (χ1) is 6.70. The third kappa shape index (κ3) is 1.58. The highest BCUT2D eigenvalue weighted by atomic mass is 32.1. The molecule has 1 aliphatic rings. The molecule has 2 unspecified atom stereocenters. The van der Waals surface area contributed by atoms with Crippen LogP contribution in [0.15, 0.2) is 5.38 Å². The molecule has 1 aromatic heterocycles. The minimum Gasteiger partial charge on any atom is -0.485 e. The van der Waals surface area contributed by atoms with E-state index in [4.69, 9.17) is 15.2 Å². The minimum absolute atomic E-state index is 0.303. The van der Waals surface area contributed by atoms with Crippen molar-refractivity contribution in [3.63, 3.8) is 0 Å². The summed E-state index contributed by atoms with van der Waals surface area (Å²) in [7, 11) is 0. The van der Waals surface area contributed by atoms with Gasteiger partial charge in [-0.15, -0.1) is 11.3 Å². The zero-order chi connectivity index (χ0) is 10.1. The third-order valence-corrected chi connectivity index (χ3v) is 3.11. The van der Waals surface area contributed by atoms with Crippen molar-refractivity contribution in [2.24, 2.45) is 5.73 Å². The van der Waals surface area contributed by atoms with Gasteiger partial charge in [0.25, 0.3) is 0 Å². The predicted molar refractivity (Wildman–Crippen MR) is 53.9 cm³/mol. The lowest BCUT2D eigenvalue weighted by Crippen LogP contribution is -2.24. The fraction of sp³-hybridized carbons (Fsp3) is 0.556. The Morgan fingerprint density at radius 3 is 2.93 bits per heavy atom. The number of thiophene rings is 1. The van der Waals surface area contributed by atoms with Gasteiger partial charge in [-0.05, 0) is 6.92 Å². The Morgan fingerprint density at radius 2 is 2.21 bits per heavy atom. The Kier molecular flexibility index (Phi) is 2.62. The van der Waals surface area contributed by atoms with Crippen LogP contribution < -0.4 is 15.2 Å². The van der Waals surface area contributed by atoms with Gasteiger partial charge in [-0.2, -0.15) is 0 Å². The number of rotatable bonds is 2. The van der Waals surface area contributed by atoms with Crippen LogP contribution >= 0.6 is 11.3 Å². The van der Waals surface area contributed by atoms with E-state index in [1.165, 1.54) is 11.3 Å². The number of hydrogen-bond acceptors (Lipinski definition) is 5. The molecule has 0 radical (unpaired) electrons. The number of fused-ring (bicyclic) bond motifs is 1. The molecule has 1 aromatic rings. The molecule has 0 spiro atoms. The summed E-state index contributed by atoms with van der Waals surface area (Å²) in [6, 6.07) is -0.303. The molecular formula is C9H13NO3S. The highest BCUT2D eigenvalue weighted by Gasteiger charge is 2.25. The molecule has 3 N–H and O–H groups in total. The van der Waals surface area contributed by atoms with Gasteiger partial charge < -0.3 is 20.3 Å². The molecule has 0 aromatic carbocycles. The summed E-state index contributed by atoms with van der Waals surface area (Å²) >= 11 is 1.42. The number of nitrogens with two attached hydrogens (primary N) is 1. The van der Waals surface area contributed by atoms with Gasteiger partial charge in [0.05, 0.1) is 4.88 Å². The van der Waals surface area contributed by atoms with Crippen molar-refractivity contribution in [3.8, 4) is 11.5 Å². The van der Waals surface area contributed by atoms with Crippen LogP contribution in [0.5, 0.6) is 11.5 Å². The Bertz CT molecular complexity index is 324. The normalized spacial score (nSPS) is 19.1. The molecule has 2 heterocycles. The first kappa shape index (κ1) is 9.76. The minimum atomic E-state index is -0.676. The molecule has 78 valence electrons. The maximum atomic E-state index is 9.79. The summed E-state index contributed by atoms with van der Waals surface area (Å²) in [4.78, 5) is 0.759. The van der Waals surface area contributed by atoms with Crippen LogP contribution in [0.3, 0.4) is 0 Å². The molecule has 0 bridgehead atoms. The second-order valence-electron chi connectivity index (χ2n) is 3.29. The van der Waals surface area contributed by atoms with Gasteiger partial charge in [0.1, 0.15) is 19.3 Å². The summed E-state index contributed by atoms with van der Waals surface area (Å²) in [5.74, 6) is 1.38. The molecular weight excluding hydrogens is 202 g/mol. The van der Waals surface area contributed by atoms with Crippen LogP contribution in [-0.4, -0.2) is 24.4 Å². The molecule has 4 nitrogen and oxygen atoms in total. The van der Waals surface area contributed by atoms with Crippen molar-refractivity contribution in [1.82, 2.24) is 0 Å². The van der Waals surface area contributed by atoms with Crippen LogP contribution in [0, 0.1) is 0 Å². The van der Waals surface area contributed by atoms with Crippen LogP contribution in [0.2, 0.25) is 0 Å². The van der Waals surface area contributed by atoms with E-state index in [0.29, 0.717) is 19.0 Å². The predicted octanol–water partition coefficient (Wildman–Crippen LogP) is 0.900. The average Bonchev–Trinajstić information content (AvgIpc) is 2.60. The number of aliphatic hydroxyl groups excluding tert-OH is 1. The van der Waals surface area contributed by atoms with E-state index in [2.05, 4.69) is 0 Å². The molecule has 1 aliphatic heterocycles. The third-order valence-electron chi connectivity index (χ3n) is 2.09. The monoisotopic (exact) mass is 215 g/mol. The Morgan fingerprint density at radius 1 is 1.50 bits per heavy atom. The quantitative estimate of drug-likeness (QED) is 0.769. The first-order valence-corrected chi connectivity index (χ1v) is 5.38. The second-order valence-corrected chi connectivity index (χ2v) is 4.21. The largest absolute Gasteiger partial charge is 0.485 e. The van der Waals surface area contributed by atoms with Crippen molar-refractivity contribution >= 4 is 11.3 Å². The summed E-state index contributed by atoms with van der Waals surface area (Å²) in [6.45, 7) is 2.86. The van der Waals surface area contributed by atoms with Crippen molar-refractivity contribution in [2.75, 3.05) is 13.2 Å². The lowest BCUT2D eigenvalue weighted by Gasteiger charge is -2.19. The SMILES string of the molecule is CC(N)C(O)c1scc2c1OCCO2. The molecule has 14 heavy (non-hydrogen) atoms. The Hall–Kier alpha value is -0.780.